The molecule has 0 amide bonds. The molecule has 0 saturated heterocycles. The van der Waals surface area contributed by atoms with Crippen molar-refractivity contribution in [3.63, 3.8) is 0 Å². The van der Waals surface area contributed by atoms with Crippen LogP contribution in [0.4, 0.5) is 17.1 Å². The summed E-state index contributed by atoms with van der Waals surface area (Å²) in [5.41, 5.74) is 17.5. The van der Waals surface area contributed by atoms with E-state index in [2.05, 4.69) is 240 Å². The van der Waals surface area contributed by atoms with Crippen LogP contribution in [0.3, 0.4) is 0 Å². The maximum absolute atomic E-state index is 6.51. The minimum atomic E-state index is 0.896. The van der Waals surface area contributed by atoms with Crippen molar-refractivity contribution in [1.29, 1.82) is 0 Å². The van der Waals surface area contributed by atoms with Crippen LogP contribution in [0.5, 0.6) is 0 Å². The second kappa shape index (κ2) is 15.3. The molecule has 2 aromatic heterocycles. The Morgan fingerprint density at radius 1 is 0.317 bits per heavy atom. The summed E-state index contributed by atoms with van der Waals surface area (Å²) in [6.45, 7) is 0. The van der Waals surface area contributed by atoms with Gasteiger partial charge >= 0.3 is 0 Å². The van der Waals surface area contributed by atoms with Crippen molar-refractivity contribution < 1.29 is 4.42 Å². The van der Waals surface area contributed by atoms with E-state index in [9.17, 15) is 0 Å². The number of rotatable bonds is 8. The van der Waals surface area contributed by atoms with Crippen LogP contribution in [0.1, 0.15) is 0 Å². The summed E-state index contributed by atoms with van der Waals surface area (Å²) in [4.78, 5) is 2.43. The Morgan fingerprint density at radius 2 is 0.841 bits per heavy atom. The fraction of sp³-hybridized carbons (Fsp3) is 0. The Balaban J connectivity index is 1.11. The van der Waals surface area contributed by atoms with Gasteiger partial charge in [-0.1, -0.05) is 188 Å². The minimum Gasteiger partial charge on any atom is -0.455 e. The van der Waals surface area contributed by atoms with Gasteiger partial charge in [-0.25, -0.2) is 0 Å². The molecule has 10 aromatic carbocycles. The quantitative estimate of drug-likeness (QED) is 0.153. The molecule has 0 spiro atoms. The Kier molecular flexibility index (Phi) is 8.83. The smallest absolute Gasteiger partial charge is 0.143 e. The monoisotopic (exact) mass is 804 g/mol. The molecule has 0 atom stereocenters. The number of fused-ring (bicyclic) bond motifs is 6. The number of aromatic nitrogens is 1. The lowest BCUT2D eigenvalue weighted by Crippen LogP contribution is -2.12. The first-order valence-corrected chi connectivity index (χ1v) is 21.5. The van der Waals surface area contributed by atoms with Gasteiger partial charge in [0.15, 0.2) is 0 Å². The second-order valence-electron chi connectivity index (χ2n) is 16.1. The summed E-state index contributed by atoms with van der Waals surface area (Å²) in [7, 11) is 0. The van der Waals surface area contributed by atoms with Gasteiger partial charge in [-0.2, -0.15) is 0 Å². The van der Waals surface area contributed by atoms with Gasteiger partial charge in [0.1, 0.15) is 11.2 Å². The Labute approximate surface area is 366 Å². The van der Waals surface area contributed by atoms with Gasteiger partial charge in [-0.3, -0.25) is 0 Å². The molecule has 0 fully saturated rings. The SMILES string of the molecule is c1ccc(-c2ccc(N(c3ccc(-c4cccc5c4oc4ccccc45)cc3)c3ccc(-c4ccccc4)c(-n4c5ccccc5c5ccccc54)c3)c(-c3ccccc3)c2)cc1. The van der Waals surface area contributed by atoms with Crippen LogP contribution in [-0.4, -0.2) is 4.57 Å². The number of hydrogen-bond donors (Lipinski definition) is 0. The number of nitrogens with zero attached hydrogens (tertiary/aromatic N) is 2. The van der Waals surface area contributed by atoms with Crippen LogP contribution in [0.15, 0.2) is 247 Å². The Hall–Kier alpha value is -8.40. The van der Waals surface area contributed by atoms with Crippen molar-refractivity contribution in [2.75, 3.05) is 4.90 Å². The van der Waals surface area contributed by atoms with Crippen LogP contribution in [-0.2, 0) is 0 Å². The molecule has 2 heterocycles. The van der Waals surface area contributed by atoms with Crippen LogP contribution in [0.2, 0.25) is 0 Å². The third kappa shape index (κ3) is 6.29. The van der Waals surface area contributed by atoms with Crippen molar-refractivity contribution >= 4 is 60.8 Å². The maximum atomic E-state index is 6.51. The fourth-order valence-electron chi connectivity index (χ4n) is 9.47. The molecule has 63 heavy (non-hydrogen) atoms. The van der Waals surface area contributed by atoms with Gasteiger partial charge in [0.25, 0.3) is 0 Å². The van der Waals surface area contributed by atoms with E-state index in [0.29, 0.717) is 0 Å². The van der Waals surface area contributed by atoms with E-state index in [1.54, 1.807) is 0 Å². The van der Waals surface area contributed by atoms with Crippen molar-refractivity contribution in [3.05, 3.63) is 243 Å². The van der Waals surface area contributed by atoms with Crippen LogP contribution < -0.4 is 4.90 Å². The zero-order valence-corrected chi connectivity index (χ0v) is 34.4. The highest BCUT2D eigenvalue weighted by molar-refractivity contribution is 6.11. The zero-order chi connectivity index (χ0) is 41.7. The van der Waals surface area contributed by atoms with Crippen molar-refractivity contribution in [2.24, 2.45) is 0 Å². The maximum Gasteiger partial charge on any atom is 0.143 e. The zero-order valence-electron chi connectivity index (χ0n) is 34.4. The lowest BCUT2D eigenvalue weighted by molar-refractivity contribution is 0.670. The Morgan fingerprint density at radius 3 is 1.52 bits per heavy atom. The predicted octanol–water partition coefficient (Wildman–Crippen LogP) is 16.8. The Bertz CT molecular complexity index is 3550. The van der Waals surface area contributed by atoms with Crippen molar-refractivity contribution in [3.8, 4) is 50.2 Å². The summed E-state index contributed by atoms with van der Waals surface area (Å²) in [6.07, 6.45) is 0. The average molecular weight is 805 g/mol. The van der Waals surface area contributed by atoms with E-state index in [4.69, 9.17) is 4.42 Å². The fourth-order valence-corrected chi connectivity index (χ4v) is 9.47. The summed E-state index contributed by atoms with van der Waals surface area (Å²) < 4.78 is 8.96. The molecule has 0 aliphatic carbocycles. The van der Waals surface area contributed by atoms with Gasteiger partial charge in [0.05, 0.1) is 22.4 Å². The van der Waals surface area contributed by atoms with E-state index in [1.165, 1.54) is 27.4 Å². The van der Waals surface area contributed by atoms with E-state index in [1.807, 2.05) is 12.1 Å². The highest BCUT2D eigenvalue weighted by Gasteiger charge is 2.23. The first kappa shape index (κ1) is 36.5. The topological polar surface area (TPSA) is 21.3 Å². The molecule has 0 bridgehead atoms. The number of benzene rings is 10. The van der Waals surface area contributed by atoms with E-state index in [-0.39, 0.29) is 0 Å². The lowest BCUT2D eigenvalue weighted by atomic mass is 9.95. The molecule has 0 saturated carbocycles. The molecular formula is C60H40N2O. The molecule has 3 heteroatoms. The third-order valence-corrected chi connectivity index (χ3v) is 12.4. The van der Waals surface area contributed by atoms with E-state index < -0.39 is 0 Å². The largest absolute Gasteiger partial charge is 0.455 e. The molecular weight excluding hydrogens is 765 g/mol. The molecule has 0 N–H and O–H groups in total. The van der Waals surface area contributed by atoms with E-state index in [0.717, 1.165) is 83.6 Å². The average Bonchev–Trinajstić information content (AvgIpc) is 3.91. The van der Waals surface area contributed by atoms with E-state index >= 15 is 0 Å². The molecule has 0 unspecified atom stereocenters. The van der Waals surface area contributed by atoms with Gasteiger partial charge in [0, 0.05) is 49.6 Å². The molecule has 0 radical (unpaired) electrons. The highest BCUT2D eigenvalue weighted by Crippen LogP contribution is 2.46. The van der Waals surface area contributed by atoms with Crippen LogP contribution >= 0.6 is 0 Å². The van der Waals surface area contributed by atoms with Crippen LogP contribution in [0.25, 0.3) is 93.9 Å². The summed E-state index contributed by atoms with van der Waals surface area (Å²) in [5, 5.41) is 4.71. The van der Waals surface area contributed by atoms with Crippen molar-refractivity contribution in [1.82, 2.24) is 4.57 Å². The standard InChI is InChI=1S/C60H40N2O/c1-4-17-41(18-5-1)45-33-38-57(54(39-45)43-21-8-3-9-22-43)61(46-34-31-44(32-35-46)49-26-16-27-53-52-25-12-15-30-59(52)63-60(49)53)47-36-37-48(42-19-6-2-7-20-42)58(40-47)62-55-28-13-10-23-50(55)51-24-11-14-29-56(51)62/h1-40H. The number of hydrogen-bond acceptors (Lipinski definition) is 2. The number of para-hydroxylation sites is 4. The summed E-state index contributed by atoms with van der Waals surface area (Å²) >= 11 is 0. The highest BCUT2D eigenvalue weighted by atomic mass is 16.3. The molecule has 0 aliphatic heterocycles. The molecule has 12 rings (SSSR count). The molecule has 3 nitrogen and oxygen atoms in total. The van der Waals surface area contributed by atoms with Gasteiger partial charge in [-0.15, -0.1) is 0 Å². The third-order valence-electron chi connectivity index (χ3n) is 12.4. The lowest BCUT2D eigenvalue weighted by Gasteiger charge is -2.29. The van der Waals surface area contributed by atoms with Crippen LogP contribution in [0, 0.1) is 0 Å². The first-order chi connectivity index (χ1) is 31.3. The first-order valence-electron chi connectivity index (χ1n) is 21.5. The van der Waals surface area contributed by atoms with Gasteiger partial charge < -0.3 is 13.9 Å². The predicted molar refractivity (Wildman–Crippen MR) is 264 cm³/mol. The normalized spacial score (nSPS) is 11.5. The van der Waals surface area contributed by atoms with Gasteiger partial charge in [-0.05, 0) is 82.4 Å². The number of anilines is 3. The molecule has 0 aliphatic rings. The molecule has 12 aromatic rings. The summed E-state index contributed by atoms with van der Waals surface area (Å²) in [5.74, 6) is 0. The minimum absolute atomic E-state index is 0.896. The second-order valence-corrected chi connectivity index (χ2v) is 16.1. The summed E-state index contributed by atoms with van der Waals surface area (Å²) in [6, 6.07) is 87.2. The van der Waals surface area contributed by atoms with Gasteiger partial charge in [0.2, 0.25) is 0 Å². The van der Waals surface area contributed by atoms with Crippen molar-refractivity contribution in [2.45, 2.75) is 0 Å². The number of furan rings is 1. The molecule has 296 valence electrons.